The summed E-state index contributed by atoms with van der Waals surface area (Å²) in [6.07, 6.45) is 0. The summed E-state index contributed by atoms with van der Waals surface area (Å²) in [7, 11) is -3.91. The molecule has 2 rings (SSSR count). The van der Waals surface area contributed by atoms with Crippen LogP contribution in [-0.4, -0.2) is 14.3 Å². The molecule has 2 aromatic carbocycles. The summed E-state index contributed by atoms with van der Waals surface area (Å²) in [4.78, 5) is 12.3. The Morgan fingerprint density at radius 3 is 2.17 bits per heavy atom. The van der Waals surface area contributed by atoms with Gasteiger partial charge in [0.15, 0.2) is 0 Å². The largest absolute Gasteiger partial charge is 0.268 e. The molecule has 7 heteroatoms. The standard InChI is InChI=1S/C16H15Br2NO3S/c1-10(2)11-3-6-13(7-4-11)23(21,22)19-16(20)14-8-5-12(17)9-15(14)18/h3-10H,1-2H3,(H,19,20). The number of hydrogen-bond donors (Lipinski definition) is 1. The van der Waals surface area contributed by atoms with Crippen molar-refractivity contribution < 1.29 is 13.2 Å². The zero-order valence-corrected chi connectivity index (χ0v) is 16.5. The number of nitrogens with one attached hydrogen (secondary N) is 1. The monoisotopic (exact) mass is 459 g/mol. The van der Waals surface area contributed by atoms with Crippen LogP contribution in [0.25, 0.3) is 0 Å². The number of hydrogen-bond acceptors (Lipinski definition) is 3. The number of amides is 1. The molecule has 0 saturated carbocycles. The Bertz CT molecular complexity index is 831. The molecule has 0 fully saturated rings. The number of rotatable bonds is 4. The second-order valence-electron chi connectivity index (χ2n) is 5.28. The molecule has 122 valence electrons. The van der Waals surface area contributed by atoms with Crippen molar-refractivity contribution in [3.63, 3.8) is 0 Å². The lowest BCUT2D eigenvalue weighted by molar-refractivity contribution is 0.0980. The minimum absolute atomic E-state index is 0.0588. The summed E-state index contributed by atoms with van der Waals surface area (Å²) in [6.45, 7) is 4.05. The van der Waals surface area contributed by atoms with Crippen LogP contribution >= 0.6 is 31.9 Å². The van der Waals surface area contributed by atoms with Crippen molar-refractivity contribution in [1.29, 1.82) is 0 Å². The van der Waals surface area contributed by atoms with Crippen LogP contribution in [0.4, 0.5) is 0 Å². The lowest BCUT2D eigenvalue weighted by Gasteiger charge is -2.10. The smallest absolute Gasteiger partial charge is 0.266 e. The van der Waals surface area contributed by atoms with E-state index in [0.29, 0.717) is 10.4 Å². The van der Waals surface area contributed by atoms with Gasteiger partial charge in [0.05, 0.1) is 10.5 Å². The van der Waals surface area contributed by atoms with Crippen LogP contribution in [0, 0.1) is 0 Å². The predicted molar refractivity (Wildman–Crippen MR) is 97.0 cm³/mol. The Balaban J connectivity index is 2.25. The van der Waals surface area contributed by atoms with Gasteiger partial charge in [-0.2, -0.15) is 0 Å². The van der Waals surface area contributed by atoms with Gasteiger partial charge in [-0.05, 0) is 57.7 Å². The van der Waals surface area contributed by atoms with E-state index in [2.05, 4.69) is 36.6 Å². The molecule has 0 unspecified atom stereocenters. The highest BCUT2D eigenvalue weighted by Gasteiger charge is 2.20. The molecule has 0 heterocycles. The van der Waals surface area contributed by atoms with Crippen molar-refractivity contribution in [2.24, 2.45) is 0 Å². The first-order valence-corrected chi connectivity index (χ1v) is 9.90. The van der Waals surface area contributed by atoms with Gasteiger partial charge in [0.25, 0.3) is 15.9 Å². The summed E-state index contributed by atoms with van der Waals surface area (Å²) in [5.41, 5.74) is 1.28. The summed E-state index contributed by atoms with van der Waals surface area (Å²) < 4.78 is 28.0. The fraction of sp³-hybridized carbons (Fsp3) is 0.188. The third-order valence-corrected chi connectivity index (χ3v) is 5.76. The Morgan fingerprint density at radius 1 is 1.04 bits per heavy atom. The van der Waals surface area contributed by atoms with Gasteiger partial charge < -0.3 is 0 Å². The Labute approximate surface area is 152 Å². The number of halogens is 2. The van der Waals surface area contributed by atoms with Gasteiger partial charge in [0.2, 0.25) is 0 Å². The molecule has 0 radical (unpaired) electrons. The van der Waals surface area contributed by atoms with E-state index < -0.39 is 15.9 Å². The molecule has 0 atom stereocenters. The molecule has 1 N–H and O–H groups in total. The molecule has 0 saturated heterocycles. The quantitative estimate of drug-likeness (QED) is 0.732. The molecule has 0 aliphatic carbocycles. The van der Waals surface area contributed by atoms with Crippen LogP contribution in [-0.2, 0) is 10.0 Å². The van der Waals surface area contributed by atoms with Gasteiger partial charge in [0, 0.05) is 8.95 Å². The highest BCUT2D eigenvalue weighted by molar-refractivity contribution is 9.11. The average Bonchev–Trinajstić information content (AvgIpc) is 2.46. The first-order valence-electron chi connectivity index (χ1n) is 6.83. The van der Waals surface area contributed by atoms with Crippen molar-refractivity contribution >= 4 is 47.8 Å². The van der Waals surface area contributed by atoms with Crippen molar-refractivity contribution in [1.82, 2.24) is 4.72 Å². The van der Waals surface area contributed by atoms with E-state index in [1.165, 1.54) is 12.1 Å². The molecule has 0 aliphatic heterocycles. The van der Waals surface area contributed by atoms with E-state index in [-0.39, 0.29) is 10.5 Å². The van der Waals surface area contributed by atoms with E-state index in [4.69, 9.17) is 0 Å². The summed E-state index contributed by atoms with van der Waals surface area (Å²) in [6, 6.07) is 11.4. The second kappa shape index (κ2) is 7.15. The fourth-order valence-corrected chi connectivity index (χ4v) is 4.13. The average molecular weight is 461 g/mol. The minimum Gasteiger partial charge on any atom is -0.268 e. The van der Waals surface area contributed by atoms with E-state index in [1.807, 2.05) is 13.8 Å². The zero-order valence-electron chi connectivity index (χ0n) is 12.5. The predicted octanol–water partition coefficient (Wildman–Crippen LogP) is 4.45. The van der Waals surface area contributed by atoms with Gasteiger partial charge in [-0.1, -0.05) is 41.9 Å². The first-order chi connectivity index (χ1) is 10.7. The van der Waals surface area contributed by atoms with Gasteiger partial charge >= 0.3 is 0 Å². The molecule has 23 heavy (non-hydrogen) atoms. The summed E-state index contributed by atoms with van der Waals surface area (Å²) in [5.74, 6) is -0.377. The SMILES string of the molecule is CC(C)c1ccc(S(=O)(=O)NC(=O)c2ccc(Br)cc2Br)cc1. The van der Waals surface area contributed by atoms with Gasteiger partial charge in [-0.25, -0.2) is 13.1 Å². The Hall–Kier alpha value is -1.18. The first kappa shape index (κ1) is 18.2. The van der Waals surface area contributed by atoms with Crippen LogP contribution in [0.1, 0.15) is 35.7 Å². The zero-order chi connectivity index (χ0) is 17.2. The molecular formula is C16H15Br2NO3S. The maximum absolute atomic E-state index is 12.3. The molecule has 4 nitrogen and oxygen atoms in total. The maximum Gasteiger partial charge on any atom is 0.266 e. The van der Waals surface area contributed by atoms with E-state index in [0.717, 1.165) is 10.0 Å². The van der Waals surface area contributed by atoms with Crippen molar-refractivity contribution in [3.8, 4) is 0 Å². The summed E-state index contributed by atoms with van der Waals surface area (Å²) in [5, 5.41) is 0. The van der Waals surface area contributed by atoms with E-state index >= 15 is 0 Å². The van der Waals surface area contributed by atoms with Crippen LogP contribution in [0.15, 0.2) is 56.3 Å². The van der Waals surface area contributed by atoms with E-state index in [9.17, 15) is 13.2 Å². The molecule has 1 amide bonds. The molecule has 0 aliphatic rings. The lowest BCUT2D eigenvalue weighted by atomic mass is 10.0. The molecule has 0 bridgehead atoms. The minimum atomic E-state index is -3.91. The third kappa shape index (κ3) is 4.43. The van der Waals surface area contributed by atoms with Crippen LogP contribution in [0.3, 0.4) is 0 Å². The van der Waals surface area contributed by atoms with Crippen molar-refractivity contribution in [2.45, 2.75) is 24.7 Å². The number of benzene rings is 2. The highest BCUT2D eigenvalue weighted by Crippen LogP contribution is 2.23. The topological polar surface area (TPSA) is 63.2 Å². The van der Waals surface area contributed by atoms with Gasteiger partial charge in [-0.15, -0.1) is 0 Å². The van der Waals surface area contributed by atoms with Crippen LogP contribution < -0.4 is 4.72 Å². The molecule has 0 spiro atoms. The summed E-state index contributed by atoms with van der Waals surface area (Å²) >= 11 is 6.53. The lowest BCUT2D eigenvalue weighted by Crippen LogP contribution is -2.30. The normalized spacial score (nSPS) is 11.5. The molecule has 0 aromatic heterocycles. The number of sulfonamides is 1. The van der Waals surface area contributed by atoms with Gasteiger partial charge in [0.1, 0.15) is 0 Å². The van der Waals surface area contributed by atoms with Crippen LogP contribution in [0.2, 0.25) is 0 Å². The van der Waals surface area contributed by atoms with E-state index in [1.54, 1.807) is 30.3 Å². The maximum atomic E-state index is 12.3. The number of carbonyl (C=O) groups excluding carboxylic acids is 1. The molecule has 2 aromatic rings. The number of carbonyl (C=O) groups is 1. The van der Waals surface area contributed by atoms with Gasteiger partial charge in [-0.3, -0.25) is 4.79 Å². The van der Waals surface area contributed by atoms with Crippen molar-refractivity contribution in [2.75, 3.05) is 0 Å². The fourth-order valence-electron chi connectivity index (χ4n) is 1.94. The van der Waals surface area contributed by atoms with Crippen molar-refractivity contribution in [3.05, 3.63) is 62.5 Å². The van der Waals surface area contributed by atoms with Crippen LogP contribution in [0.5, 0.6) is 0 Å². The highest BCUT2D eigenvalue weighted by atomic mass is 79.9. The second-order valence-corrected chi connectivity index (χ2v) is 8.73. The molecular weight excluding hydrogens is 446 g/mol. The third-order valence-electron chi connectivity index (χ3n) is 3.26. The Kier molecular flexibility index (Phi) is 5.65. The Morgan fingerprint density at radius 2 is 1.65 bits per heavy atom.